The predicted octanol–water partition coefficient (Wildman–Crippen LogP) is 2.19. The Morgan fingerprint density at radius 2 is 2.11 bits per heavy atom. The molecule has 98 valence electrons. The molecule has 5 heteroatoms. The lowest BCUT2D eigenvalue weighted by molar-refractivity contribution is 0.182. The Labute approximate surface area is 108 Å². The van der Waals surface area contributed by atoms with E-state index < -0.39 is 0 Å². The van der Waals surface area contributed by atoms with Crippen molar-refractivity contribution in [1.29, 1.82) is 5.26 Å². The van der Waals surface area contributed by atoms with Gasteiger partial charge in [0.15, 0.2) is 5.82 Å². The molecule has 1 atom stereocenters. The van der Waals surface area contributed by atoms with Crippen molar-refractivity contribution < 1.29 is 4.74 Å². The second kappa shape index (κ2) is 6.92. The number of nitriles is 1. The number of nitrogens with zero attached hydrogens (tertiary/aromatic N) is 3. The number of hydrogen-bond acceptors (Lipinski definition) is 5. The van der Waals surface area contributed by atoms with Crippen molar-refractivity contribution in [3.63, 3.8) is 0 Å². The maximum absolute atomic E-state index is 9.21. The van der Waals surface area contributed by atoms with E-state index in [9.17, 15) is 5.26 Å². The fraction of sp³-hybridized carbons (Fsp3) is 0.615. The van der Waals surface area contributed by atoms with Crippen LogP contribution in [-0.2, 0) is 4.74 Å². The van der Waals surface area contributed by atoms with Gasteiger partial charge in [-0.1, -0.05) is 13.3 Å². The summed E-state index contributed by atoms with van der Waals surface area (Å²) in [7, 11) is 1.67. The average Bonchev–Trinajstić information content (AvgIpc) is 2.35. The third-order valence-electron chi connectivity index (χ3n) is 2.91. The van der Waals surface area contributed by atoms with E-state index in [1.165, 1.54) is 0 Å². The highest BCUT2D eigenvalue weighted by Crippen LogP contribution is 2.18. The third kappa shape index (κ3) is 3.41. The van der Waals surface area contributed by atoms with Gasteiger partial charge in [0.25, 0.3) is 0 Å². The summed E-state index contributed by atoms with van der Waals surface area (Å²) >= 11 is 0. The number of anilines is 1. The Bertz CT molecular complexity index is 433. The summed E-state index contributed by atoms with van der Waals surface area (Å²) in [6.07, 6.45) is 2.01. The minimum atomic E-state index is 0.156. The van der Waals surface area contributed by atoms with Crippen LogP contribution in [0.25, 0.3) is 0 Å². The molecule has 1 unspecified atom stereocenters. The van der Waals surface area contributed by atoms with Crippen LogP contribution in [0.1, 0.15) is 36.6 Å². The molecule has 0 amide bonds. The maximum atomic E-state index is 9.21. The van der Waals surface area contributed by atoms with E-state index in [2.05, 4.69) is 28.5 Å². The van der Waals surface area contributed by atoms with E-state index in [1.54, 1.807) is 7.11 Å². The first-order valence-corrected chi connectivity index (χ1v) is 6.13. The highest BCUT2D eigenvalue weighted by molar-refractivity contribution is 5.56. The molecule has 0 bridgehead atoms. The first kappa shape index (κ1) is 14.4. The zero-order chi connectivity index (χ0) is 13.5. The molecular formula is C13H20N4O. The van der Waals surface area contributed by atoms with E-state index >= 15 is 0 Å². The van der Waals surface area contributed by atoms with Crippen molar-refractivity contribution in [1.82, 2.24) is 10.2 Å². The Balaban J connectivity index is 2.96. The summed E-state index contributed by atoms with van der Waals surface area (Å²) in [5.41, 5.74) is 2.23. The van der Waals surface area contributed by atoms with E-state index in [1.807, 2.05) is 13.8 Å². The number of aromatic nitrogens is 2. The summed E-state index contributed by atoms with van der Waals surface area (Å²) < 4.78 is 5.16. The lowest BCUT2D eigenvalue weighted by Gasteiger charge is -2.18. The van der Waals surface area contributed by atoms with Gasteiger partial charge in [-0.15, -0.1) is 5.10 Å². The number of aryl methyl sites for hydroxylation is 1. The molecule has 1 aromatic rings. The van der Waals surface area contributed by atoms with Gasteiger partial charge in [0, 0.05) is 7.11 Å². The second-order valence-electron chi connectivity index (χ2n) is 4.33. The maximum Gasteiger partial charge on any atom is 0.167 e. The second-order valence-corrected chi connectivity index (χ2v) is 4.33. The van der Waals surface area contributed by atoms with Crippen molar-refractivity contribution in [2.45, 2.75) is 39.7 Å². The topological polar surface area (TPSA) is 70.8 Å². The van der Waals surface area contributed by atoms with Crippen LogP contribution >= 0.6 is 0 Å². The molecule has 0 aliphatic rings. The molecular weight excluding hydrogens is 228 g/mol. The molecule has 0 saturated heterocycles. The van der Waals surface area contributed by atoms with Crippen LogP contribution < -0.4 is 5.32 Å². The number of ether oxygens (including phenoxy) is 1. The van der Waals surface area contributed by atoms with Crippen molar-refractivity contribution in [2.24, 2.45) is 0 Å². The molecule has 18 heavy (non-hydrogen) atoms. The summed E-state index contributed by atoms with van der Waals surface area (Å²) in [4.78, 5) is 0. The van der Waals surface area contributed by atoms with Gasteiger partial charge in [-0.25, -0.2) is 0 Å². The van der Waals surface area contributed by atoms with Gasteiger partial charge < -0.3 is 10.1 Å². The normalized spacial score (nSPS) is 11.9. The number of hydrogen-bond donors (Lipinski definition) is 1. The molecule has 0 fully saturated rings. The third-order valence-corrected chi connectivity index (χ3v) is 2.91. The van der Waals surface area contributed by atoms with E-state index in [-0.39, 0.29) is 6.04 Å². The van der Waals surface area contributed by atoms with E-state index in [0.717, 1.165) is 24.1 Å². The van der Waals surface area contributed by atoms with Gasteiger partial charge in [-0.05, 0) is 25.8 Å². The molecule has 0 spiro atoms. The summed E-state index contributed by atoms with van der Waals surface area (Å²) in [5, 5.41) is 20.6. The molecule has 1 heterocycles. The summed E-state index contributed by atoms with van der Waals surface area (Å²) in [5.74, 6) is 0.552. The van der Waals surface area contributed by atoms with Gasteiger partial charge in [0.05, 0.1) is 18.3 Å². The molecule has 1 N–H and O–H groups in total. The van der Waals surface area contributed by atoms with Crippen molar-refractivity contribution >= 4 is 5.82 Å². The largest absolute Gasteiger partial charge is 0.383 e. The Kier molecular flexibility index (Phi) is 5.53. The number of rotatable bonds is 6. The van der Waals surface area contributed by atoms with Crippen LogP contribution in [0.4, 0.5) is 5.82 Å². The van der Waals surface area contributed by atoms with Crippen LogP contribution in [0.2, 0.25) is 0 Å². The minimum Gasteiger partial charge on any atom is -0.383 e. The first-order valence-electron chi connectivity index (χ1n) is 6.13. The van der Waals surface area contributed by atoms with E-state index in [0.29, 0.717) is 18.0 Å². The van der Waals surface area contributed by atoms with Crippen molar-refractivity contribution in [2.75, 3.05) is 19.0 Å². The Morgan fingerprint density at radius 3 is 2.67 bits per heavy atom. The van der Waals surface area contributed by atoms with Gasteiger partial charge in [-0.3, -0.25) is 0 Å². The summed E-state index contributed by atoms with van der Waals surface area (Å²) in [6, 6.07) is 2.34. The van der Waals surface area contributed by atoms with Crippen LogP contribution in [0.5, 0.6) is 0 Å². The van der Waals surface area contributed by atoms with Crippen LogP contribution in [0, 0.1) is 25.2 Å². The first-order chi connectivity index (χ1) is 8.63. The lowest BCUT2D eigenvalue weighted by atomic mass is 10.1. The van der Waals surface area contributed by atoms with Gasteiger partial charge in [-0.2, -0.15) is 10.4 Å². The molecule has 0 aromatic carbocycles. The van der Waals surface area contributed by atoms with Crippen molar-refractivity contribution in [3.05, 3.63) is 16.8 Å². The smallest absolute Gasteiger partial charge is 0.167 e. The standard InChI is InChI=1S/C13H20N4O/c1-5-6-11(8-18-4)15-13-12(7-14)9(2)10(3)16-17-13/h11H,5-6,8H2,1-4H3,(H,15,17). The molecule has 0 aliphatic heterocycles. The van der Waals surface area contributed by atoms with Crippen LogP contribution in [-0.4, -0.2) is 30.0 Å². The average molecular weight is 248 g/mol. The highest BCUT2D eigenvalue weighted by Gasteiger charge is 2.14. The van der Waals surface area contributed by atoms with Crippen LogP contribution in [0.3, 0.4) is 0 Å². The summed E-state index contributed by atoms with van der Waals surface area (Å²) in [6.45, 7) is 6.44. The van der Waals surface area contributed by atoms with Crippen LogP contribution in [0.15, 0.2) is 0 Å². The fourth-order valence-corrected chi connectivity index (χ4v) is 1.79. The molecule has 5 nitrogen and oxygen atoms in total. The molecule has 0 aliphatic carbocycles. The van der Waals surface area contributed by atoms with Gasteiger partial charge in [0.2, 0.25) is 0 Å². The zero-order valence-electron chi connectivity index (χ0n) is 11.4. The molecule has 1 rings (SSSR count). The van der Waals surface area contributed by atoms with Crippen molar-refractivity contribution in [3.8, 4) is 6.07 Å². The van der Waals surface area contributed by atoms with E-state index in [4.69, 9.17) is 4.74 Å². The lowest BCUT2D eigenvalue weighted by Crippen LogP contribution is -2.26. The minimum absolute atomic E-state index is 0.156. The monoisotopic (exact) mass is 248 g/mol. The molecule has 0 saturated carbocycles. The van der Waals surface area contributed by atoms with Gasteiger partial charge >= 0.3 is 0 Å². The zero-order valence-corrected chi connectivity index (χ0v) is 11.4. The SMILES string of the molecule is CCCC(COC)Nc1nnc(C)c(C)c1C#N. The highest BCUT2D eigenvalue weighted by atomic mass is 16.5. The Hall–Kier alpha value is -1.67. The predicted molar refractivity (Wildman–Crippen MR) is 70.4 cm³/mol. The number of methoxy groups -OCH3 is 1. The molecule has 0 radical (unpaired) electrons. The number of nitrogens with one attached hydrogen (secondary N) is 1. The van der Waals surface area contributed by atoms with Gasteiger partial charge in [0.1, 0.15) is 11.6 Å². The quantitative estimate of drug-likeness (QED) is 0.835. The molecule has 1 aromatic heterocycles. The fourth-order valence-electron chi connectivity index (χ4n) is 1.79. The Morgan fingerprint density at radius 1 is 1.39 bits per heavy atom.